The zero-order valence-corrected chi connectivity index (χ0v) is 15.7. The van der Waals surface area contributed by atoms with Gasteiger partial charge >= 0.3 is 0 Å². The summed E-state index contributed by atoms with van der Waals surface area (Å²) in [5, 5.41) is 2.62. The van der Waals surface area contributed by atoms with Gasteiger partial charge < -0.3 is 10.2 Å². The number of hydrogen-bond donors (Lipinski definition) is 1. The van der Waals surface area contributed by atoms with Crippen LogP contribution in [0.15, 0.2) is 60.7 Å². The highest BCUT2D eigenvalue weighted by atomic mass is 19.1. The number of carbonyl (C=O) groups excluding carboxylic acids is 2. The van der Waals surface area contributed by atoms with Gasteiger partial charge in [-0.25, -0.2) is 4.39 Å². The molecule has 0 spiro atoms. The van der Waals surface area contributed by atoms with Crippen LogP contribution in [0.2, 0.25) is 0 Å². The maximum atomic E-state index is 12.9. The molecule has 0 aliphatic carbocycles. The number of benzene rings is 2. The number of piperazine rings is 1. The number of nitrogens with zero attached hydrogens (tertiary/aromatic N) is 2. The summed E-state index contributed by atoms with van der Waals surface area (Å²) in [5.41, 5.74) is 1.65. The fourth-order valence-corrected chi connectivity index (χ4v) is 3.07. The molecular formula is C22H24FN3O2. The van der Waals surface area contributed by atoms with E-state index in [1.54, 1.807) is 4.90 Å². The Morgan fingerprint density at radius 3 is 2.32 bits per heavy atom. The Bertz CT molecular complexity index is 813. The Balaban J connectivity index is 1.39. The first-order valence-corrected chi connectivity index (χ1v) is 9.37. The van der Waals surface area contributed by atoms with E-state index in [1.165, 1.54) is 29.8 Å². The molecule has 2 aromatic carbocycles. The van der Waals surface area contributed by atoms with Crippen LogP contribution in [0.1, 0.15) is 12.0 Å². The van der Waals surface area contributed by atoms with Gasteiger partial charge in [-0.15, -0.1) is 0 Å². The maximum absolute atomic E-state index is 12.9. The van der Waals surface area contributed by atoms with E-state index < -0.39 is 0 Å². The van der Waals surface area contributed by atoms with Crippen LogP contribution in [0.25, 0.3) is 6.08 Å². The van der Waals surface area contributed by atoms with Crippen molar-refractivity contribution in [2.24, 2.45) is 0 Å². The molecule has 1 saturated heterocycles. The van der Waals surface area contributed by atoms with Gasteiger partial charge in [-0.1, -0.05) is 42.5 Å². The lowest BCUT2D eigenvalue weighted by molar-refractivity contribution is -0.136. The molecule has 2 amide bonds. The first-order valence-electron chi connectivity index (χ1n) is 9.37. The quantitative estimate of drug-likeness (QED) is 0.783. The van der Waals surface area contributed by atoms with Gasteiger partial charge in [-0.2, -0.15) is 0 Å². The zero-order chi connectivity index (χ0) is 19.8. The van der Waals surface area contributed by atoms with Gasteiger partial charge in [-0.3, -0.25) is 14.5 Å². The second-order valence-electron chi connectivity index (χ2n) is 6.73. The molecule has 0 radical (unpaired) electrons. The number of amides is 2. The first kappa shape index (κ1) is 19.8. The first-order chi connectivity index (χ1) is 13.6. The molecule has 1 heterocycles. The molecule has 6 heteroatoms. The molecule has 3 rings (SSSR count). The van der Waals surface area contributed by atoms with E-state index in [0.717, 1.165) is 19.6 Å². The van der Waals surface area contributed by atoms with Crippen molar-refractivity contribution in [3.8, 4) is 0 Å². The van der Waals surface area contributed by atoms with Crippen LogP contribution in [0, 0.1) is 5.82 Å². The van der Waals surface area contributed by atoms with E-state index >= 15 is 0 Å². The Labute approximate surface area is 164 Å². The van der Waals surface area contributed by atoms with Gasteiger partial charge in [0.25, 0.3) is 0 Å². The summed E-state index contributed by atoms with van der Waals surface area (Å²) in [5.74, 6) is -0.936. The predicted octanol–water partition coefficient (Wildman–Crippen LogP) is 3.01. The summed E-state index contributed by atoms with van der Waals surface area (Å²) < 4.78 is 12.9. The molecule has 2 aromatic rings. The molecular weight excluding hydrogens is 357 g/mol. The van der Waals surface area contributed by atoms with Crippen LogP contribution in [0.4, 0.5) is 10.1 Å². The summed E-state index contributed by atoms with van der Waals surface area (Å²) in [6.45, 7) is 3.63. The lowest BCUT2D eigenvalue weighted by Crippen LogP contribution is -2.49. The Hall–Kier alpha value is -2.99. The van der Waals surface area contributed by atoms with Crippen LogP contribution >= 0.6 is 0 Å². The minimum atomic E-state index is -0.384. The number of nitrogens with one attached hydrogen (secondary N) is 1. The van der Waals surface area contributed by atoms with Crippen LogP contribution in [-0.4, -0.2) is 54.3 Å². The molecule has 1 aliphatic heterocycles. The highest BCUT2D eigenvalue weighted by molar-refractivity contribution is 6.03. The minimum absolute atomic E-state index is 0.181. The summed E-state index contributed by atoms with van der Waals surface area (Å²) in [6, 6.07) is 15.6. The fraction of sp³-hybridized carbons (Fsp3) is 0.273. The normalized spacial score (nSPS) is 15.0. The zero-order valence-electron chi connectivity index (χ0n) is 15.7. The van der Waals surface area contributed by atoms with E-state index in [0.29, 0.717) is 18.8 Å². The van der Waals surface area contributed by atoms with Gasteiger partial charge in [0.15, 0.2) is 0 Å². The van der Waals surface area contributed by atoms with Crippen molar-refractivity contribution in [1.29, 1.82) is 0 Å². The van der Waals surface area contributed by atoms with Crippen molar-refractivity contribution in [2.75, 3.05) is 38.0 Å². The number of hydrogen-bond acceptors (Lipinski definition) is 3. The Morgan fingerprint density at radius 2 is 1.64 bits per heavy atom. The maximum Gasteiger partial charge on any atom is 0.233 e. The third-order valence-corrected chi connectivity index (χ3v) is 4.64. The van der Waals surface area contributed by atoms with Gasteiger partial charge in [0.05, 0.1) is 0 Å². The molecule has 5 nitrogen and oxygen atoms in total. The number of anilines is 1. The van der Waals surface area contributed by atoms with E-state index in [-0.39, 0.29) is 24.1 Å². The van der Waals surface area contributed by atoms with Gasteiger partial charge in [-0.05, 0) is 29.8 Å². The van der Waals surface area contributed by atoms with Crippen molar-refractivity contribution in [1.82, 2.24) is 9.80 Å². The lowest BCUT2D eigenvalue weighted by atomic mass is 10.2. The van der Waals surface area contributed by atoms with Crippen molar-refractivity contribution in [3.63, 3.8) is 0 Å². The topological polar surface area (TPSA) is 52.7 Å². The monoisotopic (exact) mass is 381 g/mol. The third-order valence-electron chi connectivity index (χ3n) is 4.64. The lowest BCUT2D eigenvalue weighted by Gasteiger charge is -2.34. The standard InChI is InChI=1S/C22H24FN3O2/c23-19-8-10-20(11-9-19)24-21(27)17-22(28)26-15-13-25(14-16-26)12-4-7-18-5-2-1-3-6-18/h1-11H,12-17H2,(H,24,27)/b7-4+. The average Bonchev–Trinajstić information content (AvgIpc) is 2.71. The van der Waals surface area contributed by atoms with E-state index in [4.69, 9.17) is 0 Å². The summed E-state index contributed by atoms with van der Waals surface area (Å²) >= 11 is 0. The average molecular weight is 381 g/mol. The van der Waals surface area contributed by atoms with Gasteiger partial charge in [0.1, 0.15) is 12.2 Å². The molecule has 0 unspecified atom stereocenters. The number of halogens is 1. The van der Waals surface area contributed by atoms with Crippen LogP contribution < -0.4 is 5.32 Å². The summed E-state index contributed by atoms with van der Waals surface area (Å²) in [4.78, 5) is 28.4. The van der Waals surface area contributed by atoms with Crippen LogP contribution in [0.5, 0.6) is 0 Å². The second-order valence-corrected chi connectivity index (χ2v) is 6.73. The highest BCUT2D eigenvalue weighted by Crippen LogP contribution is 2.10. The predicted molar refractivity (Wildman–Crippen MR) is 108 cm³/mol. The van der Waals surface area contributed by atoms with Gasteiger partial charge in [0.2, 0.25) is 11.8 Å². The van der Waals surface area contributed by atoms with E-state index in [1.807, 2.05) is 18.2 Å². The molecule has 0 aromatic heterocycles. The Morgan fingerprint density at radius 1 is 0.964 bits per heavy atom. The SMILES string of the molecule is O=C(CC(=O)N1CCN(C/C=C/c2ccccc2)CC1)Nc1ccc(F)cc1. The highest BCUT2D eigenvalue weighted by Gasteiger charge is 2.22. The van der Waals surface area contributed by atoms with Gasteiger partial charge in [0, 0.05) is 38.4 Å². The van der Waals surface area contributed by atoms with Crippen LogP contribution in [-0.2, 0) is 9.59 Å². The van der Waals surface area contributed by atoms with E-state index in [2.05, 4.69) is 34.5 Å². The number of carbonyl (C=O) groups is 2. The molecule has 0 bridgehead atoms. The van der Waals surface area contributed by atoms with Crippen molar-refractivity contribution >= 4 is 23.6 Å². The smallest absolute Gasteiger partial charge is 0.233 e. The molecule has 1 aliphatic rings. The molecule has 0 atom stereocenters. The second kappa shape index (κ2) is 9.80. The van der Waals surface area contributed by atoms with E-state index in [9.17, 15) is 14.0 Å². The molecule has 1 fully saturated rings. The molecule has 0 saturated carbocycles. The molecule has 146 valence electrons. The summed E-state index contributed by atoms with van der Waals surface area (Å²) in [7, 11) is 0. The largest absolute Gasteiger partial charge is 0.340 e. The summed E-state index contributed by atoms with van der Waals surface area (Å²) in [6.07, 6.45) is 4.02. The molecule has 28 heavy (non-hydrogen) atoms. The minimum Gasteiger partial charge on any atom is -0.340 e. The van der Waals surface area contributed by atoms with Crippen molar-refractivity contribution in [3.05, 3.63) is 72.1 Å². The van der Waals surface area contributed by atoms with Crippen molar-refractivity contribution < 1.29 is 14.0 Å². The fourth-order valence-electron chi connectivity index (χ4n) is 3.07. The Kier molecular flexibility index (Phi) is 6.92. The third kappa shape index (κ3) is 6.03. The molecule has 1 N–H and O–H groups in total. The van der Waals surface area contributed by atoms with Crippen molar-refractivity contribution in [2.45, 2.75) is 6.42 Å². The number of rotatable bonds is 6. The van der Waals surface area contributed by atoms with Crippen LogP contribution in [0.3, 0.4) is 0 Å².